The number of amides is 1. The van der Waals surface area contributed by atoms with Gasteiger partial charge in [0.1, 0.15) is 5.82 Å². The van der Waals surface area contributed by atoms with Gasteiger partial charge in [-0.1, -0.05) is 18.6 Å². The van der Waals surface area contributed by atoms with Gasteiger partial charge < -0.3 is 10.2 Å². The topological polar surface area (TPSA) is 88.8 Å². The normalized spacial score (nSPS) is 19.8. The molecule has 3 heterocycles. The number of anilines is 1. The second-order valence-corrected chi connectivity index (χ2v) is 9.00. The first kappa shape index (κ1) is 25.5. The van der Waals surface area contributed by atoms with Crippen LogP contribution in [0.25, 0.3) is 11.4 Å². The van der Waals surface area contributed by atoms with Gasteiger partial charge in [0.15, 0.2) is 0 Å². The molecule has 1 aliphatic heterocycles. The van der Waals surface area contributed by atoms with Crippen LogP contribution < -0.4 is 5.32 Å². The summed E-state index contributed by atoms with van der Waals surface area (Å²) in [7, 11) is 1.57. The number of nitrogens with one attached hydrogen (secondary N) is 1. The van der Waals surface area contributed by atoms with E-state index in [0.29, 0.717) is 11.8 Å². The minimum Gasteiger partial charge on any atom is -0.368 e. The number of likely N-dealkylation sites (tertiary alicyclic amines) is 1. The van der Waals surface area contributed by atoms with Gasteiger partial charge in [-0.15, -0.1) is 10.2 Å². The van der Waals surface area contributed by atoms with Crippen molar-refractivity contribution in [2.75, 3.05) is 18.4 Å². The van der Waals surface area contributed by atoms with Crippen molar-refractivity contribution < 1.29 is 26.7 Å². The molecular formula is C23H24F5N7O. The van der Waals surface area contributed by atoms with Crippen molar-refractivity contribution in [3.63, 3.8) is 0 Å². The molecule has 0 bridgehead atoms. The van der Waals surface area contributed by atoms with Gasteiger partial charge in [0, 0.05) is 24.7 Å². The Labute approximate surface area is 203 Å². The Kier molecular flexibility index (Phi) is 6.67. The Hall–Kier alpha value is -3.64. The minimum absolute atomic E-state index is 0.0197. The molecule has 1 amide bonds. The molecule has 0 aliphatic carbocycles. The molecule has 3 aromatic rings. The van der Waals surface area contributed by atoms with E-state index < -0.39 is 48.5 Å². The fourth-order valence-electron chi connectivity index (χ4n) is 4.33. The molecule has 1 fully saturated rings. The van der Waals surface area contributed by atoms with Crippen molar-refractivity contribution >= 4 is 11.7 Å². The average Bonchev–Trinajstić information content (AvgIpc) is 3.22. The van der Waals surface area contributed by atoms with E-state index in [0.717, 1.165) is 22.6 Å². The fourth-order valence-corrected chi connectivity index (χ4v) is 4.33. The monoisotopic (exact) mass is 509 g/mol. The molecular weight excluding hydrogens is 485 g/mol. The summed E-state index contributed by atoms with van der Waals surface area (Å²) in [6.07, 6.45) is -4.27. The maximum Gasteiger partial charge on any atom is 0.417 e. The lowest BCUT2D eigenvalue weighted by Crippen LogP contribution is -2.57. The highest BCUT2D eigenvalue weighted by molar-refractivity contribution is 6.00. The molecule has 0 saturated carbocycles. The fraction of sp³-hybridized carbons (Fsp3) is 0.435. The highest BCUT2D eigenvalue weighted by Gasteiger charge is 2.46. The van der Waals surface area contributed by atoms with Crippen LogP contribution in [-0.4, -0.2) is 61.1 Å². The first-order valence-electron chi connectivity index (χ1n) is 11.1. The highest BCUT2D eigenvalue weighted by Crippen LogP contribution is 2.36. The van der Waals surface area contributed by atoms with Gasteiger partial charge in [-0.3, -0.25) is 4.79 Å². The van der Waals surface area contributed by atoms with Crippen LogP contribution in [-0.2, 0) is 13.2 Å². The van der Waals surface area contributed by atoms with E-state index in [1.165, 1.54) is 4.80 Å². The number of carbonyl (C=O) groups excluding carboxylic acids is 1. The molecule has 2 aromatic heterocycles. The standard InChI is InChI=1S/C23H24F5N7O/c1-13-4-6-16(20-31-33-34(3)32-20)17(8-13)21(36)35-12-22(24,25)9-14(2)18(35)11-30-19-7-5-15(10-29-19)23(26,27)28/h4-8,10,14,18H,9,11-12H2,1-3H3,(H,29,30)/t14-,18?/m1/s1. The summed E-state index contributed by atoms with van der Waals surface area (Å²) in [5, 5.41) is 14.8. The van der Waals surface area contributed by atoms with E-state index in [9.17, 15) is 26.7 Å². The van der Waals surface area contributed by atoms with Crippen molar-refractivity contribution in [3.05, 3.63) is 53.2 Å². The zero-order valence-corrected chi connectivity index (χ0v) is 19.7. The number of carbonyl (C=O) groups is 1. The van der Waals surface area contributed by atoms with E-state index in [1.807, 2.05) is 0 Å². The van der Waals surface area contributed by atoms with Gasteiger partial charge in [-0.2, -0.15) is 18.0 Å². The highest BCUT2D eigenvalue weighted by atomic mass is 19.4. The third-order valence-corrected chi connectivity index (χ3v) is 6.08. The number of aromatic nitrogens is 5. The summed E-state index contributed by atoms with van der Waals surface area (Å²) in [6.45, 7) is 2.60. The summed E-state index contributed by atoms with van der Waals surface area (Å²) in [6, 6.07) is 6.35. The van der Waals surface area contributed by atoms with Crippen LogP contribution in [0.15, 0.2) is 36.5 Å². The van der Waals surface area contributed by atoms with Crippen LogP contribution in [0, 0.1) is 12.8 Å². The van der Waals surface area contributed by atoms with Crippen molar-refractivity contribution in [1.29, 1.82) is 0 Å². The molecule has 8 nitrogen and oxygen atoms in total. The molecule has 0 radical (unpaired) electrons. The van der Waals surface area contributed by atoms with E-state index >= 15 is 0 Å². The van der Waals surface area contributed by atoms with Crippen LogP contribution in [0.2, 0.25) is 0 Å². The number of pyridine rings is 1. The second kappa shape index (κ2) is 9.43. The maximum absolute atomic E-state index is 14.6. The number of alkyl halides is 5. The second-order valence-electron chi connectivity index (χ2n) is 9.00. The van der Waals surface area contributed by atoms with E-state index in [2.05, 4.69) is 25.7 Å². The van der Waals surface area contributed by atoms with Gasteiger partial charge in [-0.25, -0.2) is 13.8 Å². The van der Waals surface area contributed by atoms with Crippen molar-refractivity contribution in [2.45, 2.75) is 38.4 Å². The lowest BCUT2D eigenvalue weighted by atomic mass is 9.87. The smallest absolute Gasteiger partial charge is 0.368 e. The zero-order valence-electron chi connectivity index (χ0n) is 19.7. The van der Waals surface area contributed by atoms with Crippen LogP contribution in [0.3, 0.4) is 0 Å². The summed E-state index contributed by atoms with van der Waals surface area (Å²) in [5.41, 5.74) is 0.355. The van der Waals surface area contributed by atoms with Crippen molar-refractivity contribution in [3.8, 4) is 11.4 Å². The number of hydrogen-bond donors (Lipinski definition) is 1. The number of tetrazole rings is 1. The Morgan fingerprint density at radius 1 is 1.22 bits per heavy atom. The summed E-state index contributed by atoms with van der Waals surface area (Å²) < 4.78 is 67.7. The van der Waals surface area contributed by atoms with E-state index in [-0.39, 0.29) is 23.8 Å². The number of hydrogen-bond acceptors (Lipinski definition) is 6. The number of nitrogens with zero attached hydrogens (tertiary/aromatic N) is 6. The predicted molar refractivity (Wildman–Crippen MR) is 120 cm³/mol. The molecule has 0 spiro atoms. The Morgan fingerprint density at radius 3 is 2.58 bits per heavy atom. The summed E-state index contributed by atoms with van der Waals surface area (Å²) >= 11 is 0. The Bertz CT molecular complexity index is 1240. The van der Waals surface area contributed by atoms with Crippen molar-refractivity contribution in [2.24, 2.45) is 13.0 Å². The number of aryl methyl sites for hydroxylation is 2. The van der Waals surface area contributed by atoms with Crippen LogP contribution >= 0.6 is 0 Å². The molecule has 1 unspecified atom stereocenters. The van der Waals surface area contributed by atoms with Gasteiger partial charge in [-0.05, 0) is 42.3 Å². The third-order valence-electron chi connectivity index (χ3n) is 6.08. The number of halogens is 5. The van der Waals surface area contributed by atoms with Crippen LogP contribution in [0.1, 0.15) is 34.8 Å². The molecule has 1 aliphatic rings. The van der Waals surface area contributed by atoms with E-state index in [4.69, 9.17) is 0 Å². The maximum atomic E-state index is 14.6. The van der Waals surface area contributed by atoms with Crippen LogP contribution in [0.5, 0.6) is 0 Å². The molecule has 1 N–H and O–H groups in total. The lowest BCUT2D eigenvalue weighted by molar-refractivity contribution is -0.137. The number of rotatable bonds is 5. The molecule has 36 heavy (non-hydrogen) atoms. The Balaban J connectivity index is 1.63. The number of piperidine rings is 1. The predicted octanol–water partition coefficient (Wildman–Crippen LogP) is 4.20. The molecule has 192 valence electrons. The molecule has 4 rings (SSSR count). The molecule has 1 aromatic carbocycles. The molecule has 1 saturated heterocycles. The lowest BCUT2D eigenvalue weighted by Gasteiger charge is -2.43. The van der Waals surface area contributed by atoms with Crippen molar-refractivity contribution in [1.82, 2.24) is 30.1 Å². The third kappa shape index (κ3) is 5.44. The summed E-state index contributed by atoms with van der Waals surface area (Å²) in [4.78, 5) is 19.8. The largest absolute Gasteiger partial charge is 0.417 e. The quantitative estimate of drug-likeness (QED) is 0.519. The van der Waals surface area contributed by atoms with Gasteiger partial charge >= 0.3 is 6.18 Å². The molecule has 13 heteroatoms. The van der Waals surface area contributed by atoms with E-state index in [1.54, 1.807) is 39.1 Å². The first-order chi connectivity index (χ1) is 16.8. The summed E-state index contributed by atoms with van der Waals surface area (Å²) in [5.74, 6) is -4.02. The Morgan fingerprint density at radius 2 is 1.97 bits per heavy atom. The van der Waals surface area contributed by atoms with Gasteiger partial charge in [0.25, 0.3) is 11.8 Å². The SMILES string of the molecule is Cc1ccc(-c2nnn(C)n2)c(C(=O)N2CC(F)(F)C[C@@H](C)C2CNc2ccc(C(F)(F)F)cn2)c1. The first-order valence-corrected chi connectivity index (χ1v) is 11.1. The zero-order chi connectivity index (χ0) is 26.3. The number of benzene rings is 1. The van der Waals surface area contributed by atoms with Gasteiger partial charge in [0.2, 0.25) is 5.82 Å². The van der Waals surface area contributed by atoms with Gasteiger partial charge in [0.05, 0.1) is 30.8 Å². The average molecular weight is 509 g/mol. The minimum atomic E-state index is -4.53. The molecule has 2 atom stereocenters. The van der Waals surface area contributed by atoms with Crippen LogP contribution in [0.4, 0.5) is 27.8 Å².